The number of rotatable bonds is 6. The first-order chi connectivity index (χ1) is 9.45. The van der Waals surface area contributed by atoms with E-state index in [0.29, 0.717) is 11.1 Å². The average molecular weight is 276 g/mol. The van der Waals surface area contributed by atoms with Gasteiger partial charge in [0, 0.05) is 30.8 Å². The second-order valence-corrected chi connectivity index (χ2v) is 5.29. The number of amides is 2. The van der Waals surface area contributed by atoms with E-state index in [0.717, 1.165) is 19.4 Å². The Balaban J connectivity index is 2.82. The summed E-state index contributed by atoms with van der Waals surface area (Å²) in [6.07, 6.45) is 2.03. The van der Waals surface area contributed by atoms with Crippen molar-refractivity contribution in [3.8, 4) is 0 Å². The number of nitrogens with zero attached hydrogens (tertiary/aromatic N) is 1. The number of hydrogen-bond donors (Lipinski definition) is 1. The van der Waals surface area contributed by atoms with Gasteiger partial charge in [0.05, 0.1) is 0 Å². The standard InChI is InChI=1S/C16H24N2O2/c1-5-6-10-18(4)16(20)14-9-7-8-13(11-14)15(19)17-12(2)3/h7-9,11-12H,5-6,10H2,1-4H3,(H,17,19). The molecule has 4 heteroatoms. The molecule has 0 fully saturated rings. The van der Waals surface area contributed by atoms with Gasteiger partial charge in [0.15, 0.2) is 0 Å². The lowest BCUT2D eigenvalue weighted by atomic mass is 10.1. The molecule has 110 valence electrons. The lowest BCUT2D eigenvalue weighted by Crippen LogP contribution is -2.31. The van der Waals surface area contributed by atoms with Crippen LogP contribution >= 0.6 is 0 Å². The molecule has 0 saturated carbocycles. The van der Waals surface area contributed by atoms with Gasteiger partial charge in [-0.25, -0.2) is 0 Å². The summed E-state index contributed by atoms with van der Waals surface area (Å²) in [5.74, 6) is -0.191. The molecule has 1 aromatic carbocycles. The molecule has 0 aromatic heterocycles. The van der Waals surface area contributed by atoms with Crippen molar-refractivity contribution >= 4 is 11.8 Å². The molecule has 2 amide bonds. The molecule has 4 nitrogen and oxygen atoms in total. The highest BCUT2D eigenvalue weighted by Crippen LogP contribution is 2.09. The molecule has 0 saturated heterocycles. The third kappa shape index (κ3) is 4.68. The molecule has 0 aliphatic carbocycles. The van der Waals surface area contributed by atoms with E-state index in [4.69, 9.17) is 0 Å². The molecule has 0 aliphatic rings. The summed E-state index contributed by atoms with van der Waals surface area (Å²) in [6, 6.07) is 6.95. The Hall–Kier alpha value is -1.84. The van der Waals surface area contributed by atoms with Crippen molar-refractivity contribution in [3.63, 3.8) is 0 Å². The molecule has 0 aliphatic heterocycles. The lowest BCUT2D eigenvalue weighted by Gasteiger charge is -2.17. The molecule has 0 spiro atoms. The first-order valence-electron chi connectivity index (χ1n) is 7.12. The van der Waals surface area contributed by atoms with Crippen LogP contribution in [0.25, 0.3) is 0 Å². The fourth-order valence-electron chi connectivity index (χ4n) is 1.86. The maximum absolute atomic E-state index is 12.2. The highest BCUT2D eigenvalue weighted by atomic mass is 16.2. The van der Waals surface area contributed by atoms with Crippen LogP contribution in [0.3, 0.4) is 0 Å². The Labute approximate surface area is 121 Å². The van der Waals surface area contributed by atoms with E-state index < -0.39 is 0 Å². The molecule has 0 bridgehead atoms. The monoisotopic (exact) mass is 276 g/mol. The van der Waals surface area contributed by atoms with Crippen LogP contribution in [0.5, 0.6) is 0 Å². The van der Waals surface area contributed by atoms with Crippen LogP contribution in [0.1, 0.15) is 54.3 Å². The SMILES string of the molecule is CCCCN(C)C(=O)c1cccc(C(=O)NC(C)C)c1. The summed E-state index contributed by atoms with van der Waals surface area (Å²) in [4.78, 5) is 25.9. The molecule has 20 heavy (non-hydrogen) atoms. The van der Waals surface area contributed by atoms with E-state index in [1.54, 1.807) is 36.2 Å². The summed E-state index contributed by atoms with van der Waals surface area (Å²) in [5.41, 5.74) is 1.08. The van der Waals surface area contributed by atoms with Crippen molar-refractivity contribution in [3.05, 3.63) is 35.4 Å². The van der Waals surface area contributed by atoms with Gasteiger partial charge in [0.2, 0.25) is 0 Å². The van der Waals surface area contributed by atoms with Crippen molar-refractivity contribution in [1.29, 1.82) is 0 Å². The van der Waals surface area contributed by atoms with Crippen molar-refractivity contribution in [2.75, 3.05) is 13.6 Å². The van der Waals surface area contributed by atoms with Gasteiger partial charge in [-0.2, -0.15) is 0 Å². The smallest absolute Gasteiger partial charge is 0.253 e. The highest BCUT2D eigenvalue weighted by molar-refractivity contribution is 5.99. The van der Waals surface area contributed by atoms with E-state index in [2.05, 4.69) is 12.2 Å². The zero-order valence-electron chi connectivity index (χ0n) is 12.8. The summed E-state index contributed by atoms with van der Waals surface area (Å²) >= 11 is 0. The second kappa shape index (κ2) is 7.68. The van der Waals surface area contributed by atoms with Crippen LogP contribution in [0, 0.1) is 0 Å². The number of hydrogen-bond acceptors (Lipinski definition) is 2. The first kappa shape index (κ1) is 16.2. The summed E-state index contributed by atoms with van der Waals surface area (Å²) in [7, 11) is 1.79. The summed E-state index contributed by atoms with van der Waals surface area (Å²) in [5, 5.41) is 2.82. The first-order valence-corrected chi connectivity index (χ1v) is 7.12. The third-order valence-corrected chi connectivity index (χ3v) is 2.99. The second-order valence-electron chi connectivity index (χ2n) is 5.29. The van der Waals surface area contributed by atoms with Gasteiger partial charge in [0.1, 0.15) is 0 Å². The van der Waals surface area contributed by atoms with E-state index in [9.17, 15) is 9.59 Å². The average Bonchev–Trinajstić information content (AvgIpc) is 2.43. The number of carbonyl (C=O) groups excluding carboxylic acids is 2. The van der Waals surface area contributed by atoms with Gasteiger partial charge in [-0.1, -0.05) is 19.4 Å². The lowest BCUT2D eigenvalue weighted by molar-refractivity contribution is 0.0793. The molecule has 0 heterocycles. The van der Waals surface area contributed by atoms with E-state index in [1.165, 1.54) is 0 Å². The number of benzene rings is 1. The molecule has 0 radical (unpaired) electrons. The van der Waals surface area contributed by atoms with Gasteiger partial charge in [-0.15, -0.1) is 0 Å². The Morgan fingerprint density at radius 3 is 2.50 bits per heavy atom. The quantitative estimate of drug-likeness (QED) is 0.868. The fraction of sp³-hybridized carbons (Fsp3) is 0.500. The van der Waals surface area contributed by atoms with Gasteiger partial charge < -0.3 is 10.2 Å². The van der Waals surface area contributed by atoms with Crippen LogP contribution in [-0.2, 0) is 0 Å². The van der Waals surface area contributed by atoms with Gasteiger partial charge in [0.25, 0.3) is 11.8 Å². The van der Waals surface area contributed by atoms with Gasteiger partial charge in [-0.05, 0) is 38.5 Å². The van der Waals surface area contributed by atoms with E-state index >= 15 is 0 Å². The highest BCUT2D eigenvalue weighted by Gasteiger charge is 2.14. The van der Waals surface area contributed by atoms with Crippen LogP contribution < -0.4 is 5.32 Å². The molecule has 0 atom stereocenters. The van der Waals surface area contributed by atoms with Crippen molar-refractivity contribution in [1.82, 2.24) is 10.2 Å². The molecular formula is C16H24N2O2. The van der Waals surface area contributed by atoms with Crippen molar-refractivity contribution in [2.24, 2.45) is 0 Å². The van der Waals surface area contributed by atoms with Crippen molar-refractivity contribution < 1.29 is 9.59 Å². The van der Waals surface area contributed by atoms with Crippen LogP contribution in [0.4, 0.5) is 0 Å². The number of nitrogens with one attached hydrogen (secondary N) is 1. The minimum atomic E-state index is -0.147. The Morgan fingerprint density at radius 1 is 1.25 bits per heavy atom. The van der Waals surface area contributed by atoms with Crippen molar-refractivity contribution in [2.45, 2.75) is 39.7 Å². The summed E-state index contributed by atoms with van der Waals surface area (Å²) in [6.45, 7) is 6.64. The zero-order chi connectivity index (χ0) is 15.1. The zero-order valence-corrected chi connectivity index (χ0v) is 12.8. The molecular weight excluding hydrogens is 252 g/mol. The minimum Gasteiger partial charge on any atom is -0.350 e. The Morgan fingerprint density at radius 2 is 1.90 bits per heavy atom. The maximum Gasteiger partial charge on any atom is 0.253 e. The van der Waals surface area contributed by atoms with Gasteiger partial charge in [-0.3, -0.25) is 9.59 Å². The van der Waals surface area contributed by atoms with E-state index in [-0.39, 0.29) is 17.9 Å². The Bertz CT molecular complexity index is 469. The minimum absolute atomic E-state index is 0.0438. The Kier molecular flexibility index (Phi) is 6.22. The molecule has 0 unspecified atom stereocenters. The predicted octanol–water partition coefficient (Wildman–Crippen LogP) is 2.70. The largest absolute Gasteiger partial charge is 0.350 e. The number of unbranched alkanes of at least 4 members (excludes halogenated alkanes) is 1. The number of carbonyl (C=O) groups is 2. The predicted molar refractivity (Wildman–Crippen MR) is 80.9 cm³/mol. The topological polar surface area (TPSA) is 49.4 Å². The van der Waals surface area contributed by atoms with Gasteiger partial charge >= 0.3 is 0 Å². The van der Waals surface area contributed by atoms with E-state index in [1.807, 2.05) is 13.8 Å². The molecule has 1 aromatic rings. The summed E-state index contributed by atoms with van der Waals surface area (Å²) < 4.78 is 0. The molecule has 1 N–H and O–H groups in total. The fourth-order valence-corrected chi connectivity index (χ4v) is 1.86. The normalized spacial score (nSPS) is 10.4. The van der Waals surface area contributed by atoms with Crippen LogP contribution in [0.15, 0.2) is 24.3 Å². The third-order valence-electron chi connectivity index (χ3n) is 2.99. The molecule has 1 rings (SSSR count). The van der Waals surface area contributed by atoms with Crippen LogP contribution in [-0.4, -0.2) is 36.3 Å². The maximum atomic E-state index is 12.2. The van der Waals surface area contributed by atoms with Crippen LogP contribution in [0.2, 0.25) is 0 Å².